The van der Waals surface area contributed by atoms with Gasteiger partial charge >= 0.3 is 0 Å². The Hall–Kier alpha value is -3.11. The summed E-state index contributed by atoms with van der Waals surface area (Å²) in [7, 11) is -2.05. The molecule has 2 heterocycles. The van der Waals surface area contributed by atoms with Crippen LogP contribution in [0.3, 0.4) is 0 Å². The zero-order valence-corrected chi connectivity index (χ0v) is 19.2. The maximum Gasteiger partial charge on any atom is 0.258 e. The van der Waals surface area contributed by atoms with Gasteiger partial charge < -0.3 is 20.1 Å². The first-order valence-electron chi connectivity index (χ1n) is 10.8. The smallest absolute Gasteiger partial charge is 0.258 e. The minimum atomic E-state index is -3.58. The summed E-state index contributed by atoms with van der Waals surface area (Å²) in [4.78, 5) is 24.0. The van der Waals surface area contributed by atoms with Gasteiger partial charge in [0, 0.05) is 31.2 Å². The van der Waals surface area contributed by atoms with Crippen LogP contribution in [0.2, 0.25) is 0 Å². The number of anilines is 1. The van der Waals surface area contributed by atoms with Crippen LogP contribution in [-0.2, 0) is 26.0 Å². The first-order chi connectivity index (χ1) is 15.8. The first-order valence-corrected chi connectivity index (χ1v) is 12.3. The van der Waals surface area contributed by atoms with E-state index in [4.69, 9.17) is 9.47 Å². The maximum absolute atomic E-state index is 12.8. The number of amides is 2. The average molecular weight is 474 g/mol. The van der Waals surface area contributed by atoms with Crippen LogP contribution in [0.5, 0.6) is 11.5 Å². The lowest BCUT2D eigenvalue weighted by Crippen LogP contribution is -2.47. The second kappa shape index (κ2) is 9.80. The lowest BCUT2D eigenvalue weighted by Gasteiger charge is -2.31. The summed E-state index contributed by atoms with van der Waals surface area (Å²) in [6.07, 6.45) is 2.13. The molecule has 0 aromatic heterocycles. The van der Waals surface area contributed by atoms with Crippen LogP contribution >= 0.6 is 0 Å². The number of fused-ring (bicyclic) bond motifs is 1. The number of rotatable bonds is 7. The van der Waals surface area contributed by atoms with Crippen LogP contribution in [0.1, 0.15) is 24.8 Å². The van der Waals surface area contributed by atoms with Gasteiger partial charge in [-0.05, 0) is 67.3 Å². The number of carbonyl (C=O) groups is 2. The first kappa shape index (κ1) is 23.1. The van der Waals surface area contributed by atoms with Crippen molar-refractivity contribution in [3.63, 3.8) is 0 Å². The average Bonchev–Trinajstić information content (AvgIpc) is 2.83. The number of carbonyl (C=O) groups excluding carboxylic acids is 2. The number of sulfonamides is 1. The molecule has 2 aromatic carbocycles. The van der Waals surface area contributed by atoms with Crippen molar-refractivity contribution in [2.45, 2.75) is 36.6 Å². The molecule has 10 heteroatoms. The molecule has 9 nitrogen and oxygen atoms in total. The Morgan fingerprint density at radius 1 is 1.09 bits per heavy atom. The maximum atomic E-state index is 12.8. The van der Waals surface area contributed by atoms with E-state index in [9.17, 15) is 18.0 Å². The van der Waals surface area contributed by atoms with Crippen molar-refractivity contribution in [2.24, 2.45) is 0 Å². The van der Waals surface area contributed by atoms with E-state index < -0.39 is 10.0 Å². The molecule has 2 aliphatic heterocycles. The summed E-state index contributed by atoms with van der Waals surface area (Å²) >= 11 is 0. The summed E-state index contributed by atoms with van der Waals surface area (Å²) in [5, 5.41) is 5.73. The van der Waals surface area contributed by atoms with Gasteiger partial charge in [0.1, 0.15) is 11.5 Å². The van der Waals surface area contributed by atoms with Crippen molar-refractivity contribution in [3.8, 4) is 11.5 Å². The highest BCUT2D eigenvalue weighted by Crippen LogP contribution is 2.27. The van der Waals surface area contributed by atoms with Gasteiger partial charge in [0.15, 0.2) is 6.61 Å². The van der Waals surface area contributed by atoms with E-state index in [-0.39, 0.29) is 29.4 Å². The summed E-state index contributed by atoms with van der Waals surface area (Å²) in [6.45, 7) is 0.531. The largest absolute Gasteiger partial charge is 0.497 e. The molecule has 2 aliphatic rings. The second-order valence-electron chi connectivity index (χ2n) is 8.08. The van der Waals surface area contributed by atoms with Gasteiger partial charge in [0.25, 0.3) is 5.91 Å². The molecule has 2 amide bonds. The Balaban J connectivity index is 1.25. The number of nitrogens with zero attached hydrogens (tertiary/aromatic N) is 1. The zero-order valence-electron chi connectivity index (χ0n) is 18.4. The molecule has 0 atom stereocenters. The summed E-state index contributed by atoms with van der Waals surface area (Å²) in [6, 6.07) is 11.5. The van der Waals surface area contributed by atoms with Crippen LogP contribution in [0.15, 0.2) is 47.4 Å². The molecule has 1 saturated heterocycles. The monoisotopic (exact) mass is 473 g/mol. The molecule has 0 unspecified atom stereocenters. The zero-order chi connectivity index (χ0) is 23.4. The Labute approximate surface area is 193 Å². The molecule has 0 saturated carbocycles. The van der Waals surface area contributed by atoms with Gasteiger partial charge in [0.05, 0.1) is 12.0 Å². The number of hydrogen-bond acceptors (Lipinski definition) is 6. The van der Waals surface area contributed by atoms with Gasteiger partial charge in [-0.3, -0.25) is 9.59 Å². The van der Waals surface area contributed by atoms with E-state index in [0.717, 1.165) is 11.3 Å². The normalized spacial score (nSPS) is 17.1. The lowest BCUT2D eigenvalue weighted by molar-refractivity contribution is -0.124. The van der Waals surface area contributed by atoms with Crippen LogP contribution < -0.4 is 20.1 Å². The minimum Gasteiger partial charge on any atom is -0.497 e. The predicted octanol–water partition coefficient (Wildman–Crippen LogP) is 1.93. The van der Waals surface area contributed by atoms with Crippen LogP contribution in [0.25, 0.3) is 0 Å². The molecule has 4 rings (SSSR count). The Bertz CT molecular complexity index is 1130. The number of benzene rings is 2. The van der Waals surface area contributed by atoms with E-state index in [1.807, 2.05) is 6.07 Å². The highest BCUT2D eigenvalue weighted by atomic mass is 32.2. The summed E-state index contributed by atoms with van der Waals surface area (Å²) in [5.41, 5.74) is 1.76. The number of nitrogens with one attached hydrogen (secondary N) is 2. The van der Waals surface area contributed by atoms with E-state index in [2.05, 4.69) is 10.6 Å². The topological polar surface area (TPSA) is 114 Å². The van der Waals surface area contributed by atoms with E-state index in [1.165, 1.54) is 23.5 Å². The summed E-state index contributed by atoms with van der Waals surface area (Å²) in [5.74, 6) is 0.913. The molecular formula is C23H27N3O6S. The van der Waals surface area contributed by atoms with E-state index >= 15 is 0 Å². The van der Waals surface area contributed by atoms with Gasteiger partial charge in [-0.25, -0.2) is 8.42 Å². The number of hydrogen-bond donors (Lipinski definition) is 2. The fourth-order valence-electron chi connectivity index (χ4n) is 4.01. The van der Waals surface area contributed by atoms with Gasteiger partial charge in [0.2, 0.25) is 15.9 Å². The van der Waals surface area contributed by atoms with Crippen molar-refractivity contribution in [2.75, 3.05) is 32.1 Å². The number of aryl methyl sites for hydroxylation is 1. The van der Waals surface area contributed by atoms with E-state index in [1.54, 1.807) is 24.3 Å². The predicted molar refractivity (Wildman–Crippen MR) is 122 cm³/mol. The Morgan fingerprint density at radius 2 is 1.79 bits per heavy atom. The molecule has 0 aliphatic carbocycles. The quantitative estimate of drug-likeness (QED) is 0.635. The van der Waals surface area contributed by atoms with Crippen molar-refractivity contribution in [3.05, 3.63) is 48.0 Å². The number of ether oxygens (including phenoxy) is 2. The molecule has 176 valence electrons. The molecule has 33 heavy (non-hydrogen) atoms. The van der Waals surface area contributed by atoms with Crippen molar-refractivity contribution in [1.29, 1.82) is 0 Å². The molecule has 0 spiro atoms. The highest BCUT2D eigenvalue weighted by Gasteiger charge is 2.30. The fraction of sp³-hybridized carbons (Fsp3) is 0.391. The number of methoxy groups -OCH3 is 1. The third-order valence-corrected chi connectivity index (χ3v) is 7.77. The molecule has 1 fully saturated rings. The molecule has 0 radical (unpaired) electrons. The SMILES string of the molecule is COc1ccc(S(=O)(=O)N2CCC(NC(=O)COc3ccc4c(c3)CCC(=O)N4)CC2)cc1. The lowest BCUT2D eigenvalue weighted by atomic mass is 10.0. The fourth-order valence-corrected chi connectivity index (χ4v) is 5.47. The molecule has 2 aromatic rings. The Morgan fingerprint density at radius 3 is 2.48 bits per heavy atom. The van der Waals surface area contributed by atoms with Gasteiger partial charge in [-0.2, -0.15) is 4.31 Å². The summed E-state index contributed by atoms with van der Waals surface area (Å²) < 4.78 is 37.8. The van der Waals surface area contributed by atoms with Gasteiger partial charge in [-0.15, -0.1) is 0 Å². The second-order valence-corrected chi connectivity index (χ2v) is 10.0. The van der Waals surface area contributed by atoms with Crippen LogP contribution in [0.4, 0.5) is 5.69 Å². The molecule has 0 bridgehead atoms. The standard InChI is InChI=1S/C23H27N3O6S/c1-31-18-3-6-20(7-4-18)33(29,30)26-12-10-17(11-13-26)24-23(28)15-32-19-5-8-21-16(14-19)2-9-22(27)25-21/h3-8,14,17H,2,9-13,15H2,1H3,(H,24,28)(H,25,27). The third kappa shape index (κ3) is 5.45. The van der Waals surface area contributed by atoms with Crippen LogP contribution in [0, 0.1) is 0 Å². The van der Waals surface area contributed by atoms with E-state index in [0.29, 0.717) is 50.3 Å². The van der Waals surface area contributed by atoms with Crippen molar-refractivity contribution in [1.82, 2.24) is 9.62 Å². The van der Waals surface area contributed by atoms with Gasteiger partial charge in [-0.1, -0.05) is 0 Å². The highest BCUT2D eigenvalue weighted by molar-refractivity contribution is 7.89. The van der Waals surface area contributed by atoms with Crippen molar-refractivity contribution < 1.29 is 27.5 Å². The third-order valence-electron chi connectivity index (χ3n) is 5.86. The Kier molecular flexibility index (Phi) is 6.85. The molecule has 2 N–H and O–H groups in total. The number of piperidine rings is 1. The minimum absolute atomic E-state index is 0.00149. The van der Waals surface area contributed by atoms with Crippen LogP contribution in [-0.4, -0.2) is 57.4 Å². The molecular weight excluding hydrogens is 446 g/mol. The van der Waals surface area contributed by atoms with Crippen molar-refractivity contribution >= 4 is 27.5 Å².